The second kappa shape index (κ2) is 4.07. The number of nitrogens with two attached hydrogens (primary N) is 1. The molecular formula is C9H15N3O. The molecule has 4 heteroatoms. The summed E-state index contributed by atoms with van der Waals surface area (Å²) in [5, 5.41) is 0. The maximum atomic E-state index is 11.1. The normalized spacial score (nSPS) is 12.8. The van der Waals surface area contributed by atoms with E-state index in [4.69, 9.17) is 5.73 Å². The number of nitrogens with zero attached hydrogens (tertiary/aromatic N) is 2. The zero-order valence-electron chi connectivity index (χ0n) is 8.03. The van der Waals surface area contributed by atoms with E-state index in [1.54, 1.807) is 12.4 Å². The predicted molar refractivity (Wildman–Crippen MR) is 50.1 cm³/mol. The molecule has 0 aliphatic heterocycles. The molecule has 1 unspecified atom stereocenters. The molecule has 0 fully saturated rings. The first-order chi connectivity index (χ1) is 6.20. The first kappa shape index (κ1) is 9.77. The van der Waals surface area contributed by atoms with Gasteiger partial charge in [0.15, 0.2) is 0 Å². The molecule has 1 aromatic heterocycles. The molecule has 1 heterocycles. The molecule has 1 rings (SSSR count). The number of carbonyl (C=O) groups excluding carboxylic acids is 1. The van der Waals surface area contributed by atoms with Crippen molar-refractivity contribution >= 4 is 5.91 Å². The van der Waals surface area contributed by atoms with Gasteiger partial charge in [-0.3, -0.25) is 4.79 Å². The van der Waals surface area contributed by atoms with Gasteiger partial charge < -0.3 is 10.3 Å². The highest BCUT2D eigenvalue weighted by molar-refractivity contribution is 5.78. The third-order valence-electron chi connectivity index (χ3n) is 2.12. The molecule has 0 bridgehead atoms. The molecule has 1 amide bonds. The van der Waals surface area contributed by atoms with E-state index >= 15 is 0 Å². The summed E-state index contributed by atoms with van der Waals surface area (Å²) in [4.78, 5) is 15.2. The molecule has 0 aliphatic rings. The summed E-state index contributed by atoms with van der Waals surface area (Å²) in [6.45, 7) is 3.95. The van der Waals surface area contributed by atoms with Gasteiger partial charge in [0.1, 0.15) is 11.9 Å². The van der Waals surface area contributed by atoms with Gasteiger partial charge in [-0.05, 0) is 6.42 Å². The third-order valence-corrected chi connectivity index (χ3v) is 2.12. The summed E-state index contributed by atoms with van der Waals surface area (Å²) in [5.41, 5.74) is 5.27. The number of carbonyl (C=O) groups is 1. The second-order valence-electron chi connectivity index (χ2n) is 2.93. The van der Waals surface area contributed by atoms with E-state index in [1.165, 1.54) is 0 Å². The number of aryl methyl sites for hydroxylation is 1. The lowest BCUT2D eigenvalue weighted by atomic mass is 10.2. The summed E-state index contributed by atoms with van der Waals surface area (Å²) in [6.07, 6.45) is 5.03. The van der Waals surface area contributed by atoms with Crippen LogP contribution in [-0.4, -0.2) is 15.5 Å². The Morgan fingerprint density at radius 2 is 2.38 bits per heavy atom. The molecule has 1 aromatic rings. The standard InChI is InChI=1S/C9H15N3O/c1-3-7(9(10)13)12-6-5-11-8(12)4-2/h5-7H,3-4H2,1-2H3,(H2,10,13). The van der Waals surface area contributed by atoms with Crippen LogP contribution in [0.1, 0.15) is 32.1 Å². The third kappa shape index (κ3) is 1.88. The zero-order chi connectivity index (χ0) is 9.84. The molecule has 2 N–H and O–H groups in total. The van der Waals surface area contributed by atoms with E-state index < -0.39 is 0 Å². The van der Waals surface area contributed by atoms with Crippen molar-refractivity contribution in [3.05, 3.63) is 18.2 Å². The van der Waals surface area contributed by atoms with Crippen LogP contribution in [0.5, 0.6) is 0 Å². The Balaban J connectivity index is 2.96. The summed E-state index contributed by atoms with van der Waals surface area (Å²) in [5.74, 6) is 0.612. The topological polar surface area (TPSA) is 60.9 Å². The number of primary amides is 1. The number of hydrogen-bond donors (Lipinski definition) is 1. The van der Waals surface area contributed by atoms with Crippen LogP contribution >= 0.6 is 0 Å². The Labute approximate surface area is 77.8 Å². The Hall–Kier alpha value is -1.32. The molecule has 1 atom stereocenters. The number of hydrogen-bond acceptors (Lipinski definition) is 2. The lowest BCUT2D eigenvalue weighted by Gasteiger charge is -2.14. The maximum absolute atomic E-state index is 11.1. The van der Waals surface area contributed by atoms with E-state index in [1.807, 2.05) is 18.4 Å². The monoisotopic (exact) mass is 181 g/mol. The van der Waals surface area contributed by atoms with Crippen molar-refractivity contribution in [1.82, 2.24) is 9.55 Å². The molecule has 0 aromatic carbocycles. The van der Waals surface area contributed by atoms with Gasteiger partial charge in [0, 0.05) is 18.8 Å². The van der Waals surface area contributed by atoms with Gasteiger partial charge in [-0.2, -0.15) is 0 Å². The largest absolute Gasteiger partial charge is 0.368 e. The van der Waals surface area contributed by atoms with Crippen LogP contribution < -0.4 is 5.73 Å². The van der Waals surface area contributed by atoms with Crippen LogP contribution in [0.3, 0.4) is 0 Å². The number of aromatic nitrogens is 2. The minimum absolute atomic E-state index is 0.252. The highest BCUT2D eigenvalue weighted by Gasteiger charge is 2.16. The molecule has 0 aliphatic carbocycles. The Morgan fingerprint density at radius 3 is 2.85 bits per heavy atom. The van der Waals surface area contributed by atoms with Gasteiger partial charge in [0.2, 0.25) is 5.91 Å². The van der Waals surface area contributed by atoms with Crippen LogP contribution in [0.25, 0.3) is 0 Å². The minimum Gasteiger partial charge on any atom is -0.368 e. The van der Waals surface area contributed by atoms with Gasteiger partial charge in [-0.25, -0.2) is 4.98 Å². The Bertz CT molecular complexity index is 293. The summed E-state index contributed by atoms with van der Waals surface area (Å²) in [7, 11) is 0. The molecule has 0 spiro atoms. The Morgan fingerprint density at radius 1 is 1.69 bits per heavy atom. The van der Waals surface area contributed by atoms with Crippen LogP contribution in [0.2, 0.25) is 0 Å². The molecular weight excluding hydrogens is 166 g/mol. The molecule has 0 saturated heterocycles. The van der Waals surface area contributed by atoms with Crippen molar-refractivity contribution in [1.29, 1.82) is 0 Å². The van der Waals surface area contributed by atoms with Crippen molar-refractivity contribution in [2.24, 2.45) is 5.73 Å². The van der Waals surface area contributed by atoms with E-state index in [-0.39, 0.29) is 11.9 Å². The van der Waals surface area contributed by atoms with E-state index in [2.05, 4.69) is 4.98 Å². The lowest BCUT2D eigenvalue weighted by Crippen LogP contribution is -2.26. The van der Waals surface area contributed by atoms with Crippen molar-refractivity contribution in [2.45, 2.75) is 32.7 Å². The van der Waals surface area contributed by atoms with Crippen molar-refractivity contribution < 1.29 is 4.79 Å². The highest BCUT2D eigenvalue weighted by atomic mass is 16.1. The average molecular weight is 181 g/mol. The number of amides is 1. The van der Waals surface area contributed by atoms with Crippen LogP contribution in [0.15, 0.2) is 12.4 Å². The number of imidazole rings is 1. The number of rotatable bonds is 4. The second-order valence-corrected chi connectivity index (χ2v) is 2.93. The van der Waals surface area contributed by atoms with Crippen LogP contribution in [0, 0.1) is 0 Å². The minimum atomic E-state index is -0.296. The van der Waals surface area contributed by atoms with Gasteiger partial charge in [0.05, 0.1) is 0 Å². The van der Waals surface area contributed by atoms with E-state index in [0.29, 0.717) is 6.42 Å². The highest BCUT2D eigenvalue weighted by Crippen LogP contribution is 2.13. The zero-order valence-corrected chi connectivity index (χ0v) is 8.03. The first-order valence-corrected chi connectivity index (χ1v) is 4.51. The summed E-state index contributed by atoms with van der Waals surface area (Å²) < 4.78 is 1.85. The van der Waals surface area contributed by atoms with Crippen molar-refractivity contribution in [3.63, 3.8) is 0 Å². The molecule has 0 radical (unpaired) electrons. The van der Waals surface area contributed by atoms with Gasteiger partial charge in [0.25, 0.3) is 0 Å². The molecule has 72 valence electrons. The van der Waals surface area contributed by atoms with Crippen molar-refractivity contribution in [3.8, 4) is 0 Å². The maximum Gasteiger partial charge on any atom is 0.240 e. The fourth-order valence-electron chi connectivity index (χ4n) is 1.44. The molecule has 0 saturated carbocycles. The van der Waals surface area contributed by atoms with Crippen LogP contribution in [-0.2, 0) is 11.2 Å². The summed E-state index contributed by atoms with van der Waals surface area (Å²) >= 11 is 0. The molecule has 4 nitrogen and oxygen atoms in total. The summed E-state index contributed by atoms with van der Waals surface area (Å²) in [6, 6.07) is -0.252. The smallest absolute Gasteiger partial charge is 0.240 e. The van der Waals surface area contributed by atoms with Gasteiger partial charge in [-0.15, -0.1) is 0 Å². The lowest BCUT2D eigenvalue weighted by molar-refractivity contribution is -0.121. The van der Waals surface area contributed by atoms with Crippen molar-refractivity contribution in [2.75, 3.05) is 0 Å². The first-order valence-electron chi connectivity index (χ1n) is 4.51. The molecule has 13 heavy (non-hydrogen) atoms. The average Bonchev–Trinajstić information content (AvgIpc) is 2.53. The Kier molecular flexibility index (Phi) is 3.06. The predicted octanol–water partition coefficient (Wildman–Crippen LogP) is 0.882. The van der Waals surface area contributed by atoms with Crippen LogP contribution in [0.4, 0.5) is 0 Å². The fourth-order valence-corrected chi connectivity index (χ4v) is 1.44. The van der Waals surface area contributed by atoms with Gasteiger partial charge >= 0.3 is 0 Å². The van der Waals surface area contributed by atoms with E-state index in [9.17, 15) is 4.79 Å². The van der Waals surface area contributed by atoms with Gasteiger partial charge in [-0.1, -0.05) is 13.8 Å². The fraction of sp³-hybridized carbons (Fsp3) is 0.556. The van der Waals surface area contributed by atoms with E-state index in [0.717, 1.165) is 12.2 Å². The SMILES string of the molecule is CCc1nccn1C(CC)C(N)=O. The quantitative estimate of drug-likeness (QED) is 0.749.